The van der Waals surface area contributed by atoms with Crippen LogP contribution in [0.2, 0.25) is 5.02 Å². The number of hydrogen-bond donors (Lipinski definition) is 2. The highest BCUT2D eigenvalue weighted by Gasteiger charge is 2.20. The van der Waals surface area contributed by atoms with Gasteiger partial charge in [-0.1, -0.05) is 11.6 Å². The molecule has 2 N–H and O–H groups in total. The van der Waals surface area contributed by atoms with Crippen molar-refractivity contribution in [2.45, 2.75) is 44.2 Å². The van der Waals surface area contributed by atoms with Crippen LogP contribution in [0.1, 0.15) is 27.2 Å². The topological polar surface area (TPSA) is 102 Å². The summed E-state index contributed by atoms with van der Waals surface area (Å²) in [4.78, 5) is 23.1. The first-order valence-corrected chi connectivity index (χ1v) is 9.33. The van der Waals surface area contributed by atoms with Crippen molar-refractivity contribution in [1.29, 1.82) is 0 Å². The number of amides is 1. The molecule has 0 fully saturated rings. The van der Waals surface area contributed by atoms with Crippen LogP contribution in [0.5, 0.6) is 0 Å². The molecule has 1 aromatic carbocycles. The Hall–Kier alpha value is -1.71. The highest BCUT2D eigenvalue weighted by Crippen LogP contribution is 2.19. The number of ether oxygens (including phenoxy) is 1. The van der Waals surface area contributed by atoms with Gasteiger partial charge in [0.25, 0.3) is 5.91 Å². The van der Waals surface area contributed by atoms with Crippen molar-refractivity contribution in [1.82, 2.24) is 10.0 Å². The second-order valence-electron chi connectivity index (χ2n) is 5.52. The molecule has 1 amide bonds. The fourth-order valence-corrected chi connectivity index (χ4v) is 3.03. The van der Waals surface area contributed by atoms with E-state index in [-0.39, 0.29) is 28.9 Å². The van der Waals surface area contributed by atoms with Crippen molar-refractivity contribution >= 4 is 33.5 Å². The van der Waals surface area contributed by atoms with Crippen LogP contribution in [0.25, 0.3) is 0 Å². The normalized spacial score (nSPS) is 12.7. The van der Waals surface area contributed by atoms with Gasteiger partial charge in [-0.25, -0.2) is 17.5 Å². The fraction of sp³-hybridized carbons (Fsp3) is 0.467. The Morgan fingerprint density at radius 3 is 2.48 bits per heavy atom. The van der Waals surface area contributed by atoms with Gasteiger partial charge in [-0.3, -0.25) is 9.59 Å². The van der Waals surface area contributed by atoms with Gasteiger partial charge in [0.15, 0.2) is 6.10 Å². The lowest BCUT2D eigenvalue weighted by atomic mass is 10.3. The summed E-state index contributed by atoms with van der Waals surface area (Å²) >= 11 is 5.55. The summed E-state index contributed by atoms with van der Waals surface area (Å²) in [5, 5.41) is 2.26. The van der Waals surface area contributed by atoms with Gasteiger partial charge in [-0.05, 0) is 39.0 Å². The molecule has 0 aromatic heterocycles. The standard InChI is InChI=1S/C15H20ClFN2O5S/c1-9(2)19-15(21)10(3)24-14(20)6-7-18-25(22,23)11-4-5-13(17)12(16)8-11/h4-5,8-10,18H,6-7H2,1-3H3,(H,19,21)/t10-/m0/s1. The lowest BCUT2D eigenvalue weighted by molar-refractivity contribution is -0.154. The molecule has 0 aliphatic carbocycles. The number of halogens is 2. The van der Waals surface area contributed by atoms with E-state index in [9.17, 15) is 22.4 Å². The van der Waals surface area contributed by atoms with E-state index in [1.54, 1.807) is 13.8 Å². The van der Waals surface area contributed by atoms with Crippen LogP contribution in [0.4, 0.5) is 4.39 Å². The Bertz CT molecular complexity index is 739. The zero-order valence-corrected chi connectivity index (χ0v) is 15.6. The molecular formula is C15H20ClFN2O5S. The lowest BCUT2D eigenvalue weighted by Gasteiger charge is -2.15. The molecule has 10 heteroatoms. The zero-order valence-electron chi connectivity index (χ0n) is 14.0. The molecule has 0 saturated heterocycles. The smallest absolute Gasteiger partial charge is 0.307 e. The fourth-order valence-electron chi connectivity index (χ4n) is 1.73. The molecule has 0 radical (unpaired) electrons. The number of hydrogen-bond acceptors (Lipinski definition) is 5. The second kappa shape index (κ2) is 9.12. The molecule has 140 valence electrons. The first kappa shape index (κ1) is 21.3. The Morgan fingerprint density at radius 1 is 1.28 bits per heavy atom. The number of benzene rings is 1. The molecule has 25 heavy (non-hydrogen) atoms. The number of rotatable bonds is 8. The van der Waals surface area contributed by atoms with Gasteiger partial charge in [0.2, 0.25) is 10.0 Å². The summed E-state index contributed by atoms with van der Waals surface area (Å²) in [6, 6.07) is 2.86. The quantitative estimate of drug-likeness (QED) is 0.652. The minimum absolute atomic E-state index is 0.0944. The summed E-state index contributed by atoms with van der Waals surface area (Å²) in [7, 11) is -3.94. The summed E-state index contributed by atoms with van der Waals surface area (Å²) in [6.45, 7) is 4.71. The number of carbonyl (C=O) groups excluding carboxylic acids is 2. The Labute approximate surface area is 150 Å². The number of nitrogens with one attached hydrogen (secondary N) is 2. The van der Waals surface area contributed by atoms with Crippen LogP contribution in [0, 0.1) is 5.82 Å². The van der Waals surface area contributed by atoms with E-state index in [0.29, 0.717) is 0 Å². The van der Waals surface area contributed by atoms with Gasteiger partial charge in [-0.2, -0.15) is 0 Å². The van der Waals surface area contributed by atoms with E-state index in [0.717, 1.165) is 18.2 Å². The third-order valence-electron chi connectivity index (χ3n) is 2.93. The lowest BCUT2D eigenvalue weighted by Crippen LogP contribution is -2.39. The summed E-state index contributed by atoms with van der Waals surface area (Å²) < 4.78 is 44.2. The van der Waals surface area contributed by atoms with E-state index in [1.807, 2.05) is 0 Å². The van der Waals surface area contributed by atoms with Gasteiger partial charge in [-0.15, -0.1) is 0 Å². The van der Waals surface area contributed by atoms with E-state index in [4.69, 9.17) is 16.3 Å². The van der Waals surface area contributed by atoms with Crippen LogP contribution in [0.15, 0.2) is 23.1 Å². The maximum absolute atomic E-state index is 13.1. The second-order valence-corrected chi connectivity index (χ2v) is 7.69. The minimum Gasteiger partial charge on any atom is -0.453 e. The molecule has 0 aliphatic rings. The van der Waals surface area contributed by atoms with Crippen molar-refractivity contribution in [2.24, 2.45) is 0 Å². The minimum atomic E-state index is -3.94. The van der Waals surface area contributed by atoms with E-state index < -0.39 is 33.8 Å². The van der Waals surface area contributed by atoms with Gasteiger partial charge < -0.3 is 10.1 Å². The predicted octanol–water partition coefficient (Wildman–Crippen LogP) is 1.60. The maximum Gasteiger partial charge on any atom is 0.307 e. The summed E-state index contributed by atoms with van der Waals surface area (Å²) in [6.07, 6.45) is -1.25. The zero-order chi connectivity index (χ0) is 19.2. The third-order valence-corrected chi connectivity index (χ3v) is 4.68. The molecule has 0 aliphatic heterocycles. The van der Waals surface area contributed by atoms with Crippen LogP contribution in [-0.4, -0.2) is 39.0 Å². The molecule has 0 saturated carbocycles. The van der Waals surface area contributed by atoms with Crippen molar-refractivity contribution in [3.63, 3.8) is 0 Å². The van der Waals surface area contributed by atoms with Gasteiger partial charge in [0.05, 0.1) is 16.3 Å². The molecule has 0 spiro atoms. The summed E-state index contributed by atoms with van der Waals surface area (Å²) in [5.74, 6) is -1.91. The highest BCUT2D eigenvalue weighted by molar-refractivity contribution is 7.89. The van der Waals surface area contributed by atoms with Crippen molar-refractivity contribution in [3.8, 4) is 0 Å². The van der Waals surface area contributed by atoms with Crippen LogP contribution in [-0.2, 0) is 24.3 Å². The van der Waals surface area contributed by atoms with Crippen LogP contribution < -0.4 is 10.0 Å². The molecule has 0 unspecified atom stereocenters. The maximum atomic E-state index is 13.1. The summed E-state index contributed by atoms with van der Waals surface area (Å²) in [5.41, 5.74) is 0. The number of esters is 1. The van der Waals surface area contributed by atoms with E-state index >= 15 is 0 Å². The molecular weight excluding hydrogens is 375 g/mol. The Balaban J connectivity index is 2.51. The van der Waals surface area contributed by atoms with Gasteiger partial charge in [0, 0.05) is 12.6 Å². The Kier molecular flexibility index (Phi) is 7.78. The number of carbonyl (C=O) groups is 2. The highest BCUT2D eigenvalue weighted by atomic mass is 35.5. The largest absolute Gasteiger partial charge is 0.453 e. The van der Waals surface area contributed by atoms with E-state index in [1.165, 1.54) is 6.92 Å². The molecule has 1 rings (SSSR count). The Morgan fingerprint density at radius 2 is 1.92 bits per heavy atom. The molecule has 1 aromatic rings. The van der Waals surface area contributed by atoms with E-state index in [2.05, 4.69) is 10.0 Å². The number of sulfonamides is 1. The van der Waals surface area contributed by atoms with Gasteiger partial charge >= 0.3 is 5.97 Å². The third kappa shape index (κ3) is 6.97. The SMILES string of the molecule is CC(C)NC(=O)[C@H](C)OC(=O)CCNS(=O)(=O)c1ccc(F)c(Cl)c1. The predicted molar refractivity (Wildman–Crippen MR) is 90.0 cm³/mol. The van der Waals surface area contributed by atoms with Crippen molar-refractivity contribution < 1.29 is 27.1 Å². The molecule has 7 nitrogen and oxygen atoms in total. The van der Waals surface area contributed by atoms with Crippen molar-refractivity contribution in [2.75, 3.05) is 6.54 Å². The molecule has 1 atom stereocenters. The van der Waals surface area contributed by atoms with Crippen molar-refractivity contribution in [3.05, 3.63) is 29.0 Å². The molecule has 0 heterocycles. The average Bonchev–Trinajstić information content (AvgIpc) is 2.48. The first-order chi connectivity index (χ1) is 11.5. The van der Waals surface area contributed by atoms with Gasteiger partial charge in [0.1, 0.15) is 5.82 Å². The monoisotopic (exact) mass is 394 g/mol. The van der Waals surface area contributed by atoms with Crippen LogP contribution >= 0.6 is 11.6 Å². The average molecular weight is 395 g/mol. The molecule has 0 bridgehead atoms. The van der Waals surface area contributed by atoms with Crippen LogP contribution in [0.3, 0.4) is 0 Å². The first-order valence-electron chi connectivity index (χ1n) is 7.47.